The van der Waals surface area contributed by atoms with Crippen molar-refractivity contribution in [1.82, 2.24) is 4.90 Å². The van der Waals surface area contributed by atoms with E-state index < -0.39 is 10.0 Å². The summed E-state index contributed by atoms with van der Waals surface area (Å²) in [6.07, 6.45) is 0. The van der Waals surface area contributed by atoms with Gasteiger partial charge in [-0.15, -0.1) is 15.7 Å². The van der Waals surface area contributed by atoms with Crippen LogP contribution in [0.25, 0.3) is 5.70 Å². The minimum Gasteiger partial charge on any atom is -0.317 e. The van der Waals surface area contributed by atoms with E-state index in [0.717, 1.165) is 10.6 Å². The number of thioether (sulfide) groups is 1. The number of hydrogen-bond acceptors (Lipinski definition) is 5. The lowest BCUT2D eigenvalue weighted by molar-refractivity contribution is 0.567. The Hall–Kier alpha value is -0.790. The second-order valence-corrected chi connectivity index (χ2v) is 6.95. The molecule has 16 heavy (non-hydrogen) atoms. The summed E-state index contributed by atoms with van der Waals surface area (Å²) in [7, 11) is -3.23. The highest BCUT2D eigenvalue weighted by molar-refractivity contribution is 8.17. The Morgan fingerprint density at radius 1 is 1.44 bits per heavy atom. The van der Waals surface area contributed by atoms with Gasteiger partial charge in [0.05, 0.1) is 16.3 Å². The van der Waals surface area contributed by atoms with E-state index in [1.54, 1.807) is 11.3 Å². The molecule has 0 spiro atoms. The maximum atomic E-state index is 11.3. The second kappa shape index (κ2) is 3.61. The van der Waals surface area contributed by atoms with Gasteiger partial charge in [-0.3, -0.25) is 0 Å². The van der Waals surface area contributed by atoms with Gasteiger partial charge in [0.25, 0.3) is 10.0 Å². The molecule has 0 amide bonds. The number of fused-ring (bicyclic) bond motifs is 1. The Kier molecular flexibility index (Phi) is 2.34. The highest BCUT2D eigenvalue weighted by Gasteiger charge is 2.31. The Bertz CT molecular complexity index is 572. The van der Waals surface area contributed by atoms with E-state index >= 15 is 0 Å². The van der Waals surface area contributed by atoms with Crippen molar-refractivity contribution in [2.75, 3.05) is 12.3 Å². The Balaban J connectivity index is 1.99. The molecule has 3 heterocycles. The van der Waals surface area contributed by atoms with Gasteiger partial charge in [0.1, 0.15) is 0 Å². The van der Waals surface area contributed by atoms with Crippen molar-refractivity contribution in [2.45, 2.75) is 0 Å². The molecule has 0 saturated carbocycles. The summed E-state index contributed by atoms with van der Waals surface area (Å²) in [5.74, 6) is 0.0970. The van der Waals surface area contributed by atoms with Crippen LogP contribution in [0.1, 0.15) is 4.88 Å². The van der Waals surface area contributed by atoms with Gasteiger partial charge in [-0.25, -0.2) is 8.42 Å². The minimum absolute atomic E-state index is 0.0970. The van der Waals surface area contributed by atoms with Gasteiger partial charge in [-0.1, -0.05) is 17.8 Å². The van der Waals surface area contributed by atoms with Crippen LogP contribution < -0.4 is 0 Å². The highest BCUT2D eigenvalue weighted by atomic mass is 32.2. The summed E-state index contributed by atoms with van der Waals surface area (Å²) < 4.78 is 26.4. The van der Waals surface area contributed by atoms with Gasteiger partial charge in [0, 0.05) is 12.0 Å². The summed E-state index contributed by atoms with van der Waals surface area (Å²) >= 11 is 3.02. The Labute approximate surface area is 102 Å². The van der Waals surface area contributed by atoms with Crippen LogP contribution >= 0.6 is 23.1 Å². The fourth-order valence-corrected chi connectivity index (χ4v) is 4.58. The van der Waals surface area contributed by atoms with E-state index in [2.05, 4.69) is 4.40 Å². The predicted octanol–water partition coefficient (Wildman–Crippen LogP) is 1.79. The molecule has 3 rings (SSSR count). The fourth-order valence-electron chi connectivity index (χ4n) is 1.61. The van der Waals surface area contributed by atoms with Crippen LogP contribution in [-0.4, -0.2) is 30.8 Å². The van der Waals surface area contributed by atoms with Crippen molar-refractivity contribution in [2.24, 2.45) is 4.40 Å². The summed E-state index contributed by atoms with van der Waals surface area (Å²) in [4.78, 5) is 3.12. The molecule has 0 atom stereocenters. The van der Waals surface area contributed by atoms with Crippen LogP contribution in [0.4, 0.5) is 0 Å². The molecule has 0 saturated heterocycles. The van der Waals surface area contributed by atoms with Gasteiger partial charge in [0.15, 0.2) is 5.17 Å². The summed E-state index contributed by atoms with van der Waals surface area (Å²) in [6, 6.07) is 4.02. The normalized spacial score (nSPS) is 22.6. The molecule has 0 N–H and O–H groups in total. The first-order valence-electron chi connectivity index (χ1n) is 4.67. The van der Waals surface area contributed by atoms with Gasteiger partial charge >= 0.3 is 0 Å². The van der Waals surface area contributed by atoms with E-state index in [4.69, 9.17) is 0 Å². The third kappa shape index (κ3) is 1.68. The minimum atomic E-state index is -3.23. The first kappa shape index (κ1) is 10.4. The van der Waals surface area contributed by atoms with E-state index in [9.17, 15) is 8.42 Å². The van der Waals surface area contributed by atoms with Gasteiger partial charge < -0.3 is 4.90 Å². The van der Waals surface area contributed by atoms with E-state index in [1.165, 1.54) is 11.8 Å². The number of nitrogens with zero attached hydrogens (tertiary/aromatic N) is 2. The van der Waals surface area contributed by atoms with E-state index in [0.29, 0.717) is 11.7 Å². The first-order chi connectivity index (χ1) is 7.66. The van der Waals surface area contributed by atoms with Crippen molar-refractivity contribution in [1.29, 1.82) is 0 Å². The van der Waals surface area contributed by atoms with Crippen molar-refractivity contribution >= 4 is 44.0 Å². The van der Waals surface area contributed by atoms with Crippen LogP contribution in [0.5, 0.6) is 0 Å². The standard InChI is InChI=1S/C9H8N2O2S3/c12-16(13)5-3-11-7(6-15-9(11)10-16)8-2-1-4-14-8/h1-2,4,6H,3,5H2. The van der Waals surface area contributed by atoms with E-state index in [1.807, 2.05) is 27.8 Å². The average Bonchev–Trinajstić information content (AvgIpc) is 2.82. The van der Waals surface area contributed by atoms with Crippen LogP contribution in [0.15, 0.2) is 27.3 Å². The van der Waals surface area contributed by atoms with Gasteiger partial charge in [-0.2, -0.15) is 0 Å². The lowest BCUT2D eigenvalue weighted by Gasteiger charge is -2.24. The zero-order valence-electron chi connectivity index (χ0n) is 8.16. The molecule has 0 fully saturated rings. The molecular weight excluding hydrogens is 264 g/mol. The quantitative estimate of drug-likeness (QED) is 0.782. The number of rotatable bonds is 1. The molecule has 0 radical (unpaired) electrons. The Morgan fingerprint density at radius 3 is 3.06 bits per heavy atom. The molecule has 0 bridgehead atoms. The first-order valence-corrected chi connectivity index (χ1v) is 8.03. The van der Waals surface area contributed by atoms with Gasteiger partial charge in [0.2, 0.25) is 0 Å². The smallest absolute Gasteiger partial charge is 0.257 e. The maximum Gasteiger partial charge on any atom is 0.257 e. The molecular formula is C9H8N2O2S3. The fraction of sp³-hybridized carbons (Fsp3) is 0.222. The summed E-state index contributed by atoms with van der Waals surface area (Å²) in [5.41, 5.74) is 1.06. The highest BCUT2D eigenvalue weighted by Crippen LogP contribution is 2.36. The predicted molar refractivity (Wildman–Crippen MR) is 67.8 cm³/mol. The third-order valence-electron chi connectivity index (χ3n) is 2.36. The molecule has 0 aromatic carbocycles. The number of amidine groups is 1. The van der Waals surface area contributed by atoms with E-state index in [-0.39, 0.29) is 5.75 Å². The average molecular weight is 272 g/mol. The van der Waals surface area contributed by atoms with Crippen molar-refractivity contribution < 1.29 is 8.42 Å². The number of thiophene rings is 1. The summed E-state index contributed by atoms with van der Waals surface area (Å²) in [6.45, 7) is 0.498. The van der Waals surface area contributed by atoms with Crippen LogP contribution in [0.2, 0.25) is 0 Å². The molecule has 2 aliphatic heterocycles. The van der Waals surface area contributed by atoms with Crippen molar-refractivity contribution in [3.63, 3.8) is 0 Å². The molecule has 4 nitrogen and oxygen atoms in total. The number of sulfonamides is 1. The third-order valence-corrected chi connectivity index (χ3v) is 5.38. The van der Waals surface area contributed by atoms with Crippen molar-refractivity contribution in [3.8, 4) is 0 Å². The zero-order chi connectivity index (χ0) is 11.2. The lowest BCUT2D eigenvalue weighted by Crippen LogP contribution is -2.33. The number of hydrogen-bond donors (Lipinski definition) is 0. The second-order valence-electron chi connectivity index (χ2n) is 3.41. The molecule has 0 aliphatic carbocycles. The van der Waals surface area contributed by atoms with Crippen LogP contribution in [0.3, 0.4) is 0 Å². The monoisotopic (exact) mass is 272 g/mol. The molecule has 0 unspecified atom stereocenters. The largest absolute Gasteiger partial charge is 0.317 e. The lowest BCUT2D eigenvalue weighted by atomic mass is 10.3. The van der Waals surface area contributed by atoms with Crippen LogP contribution in [-0.2, 0) is 10.0 Å². The maximum absolute atomic E-state index is 11.3. The summed E-state index contributed by atoms with van der Waals surface area (Å²) in [5, 5.41) is 4.55. The van der Waals surface area contributed by atoms with Gasteiger partial charge in [-0.05, 0) is 11.4 Å². The van der Waals surface area contributed by atoms with Crippen LogP contribution in [0, 0.1) is 0 Å². The SMILES string of the molecule is O=S1(=O)CCN2C(c3cccs3)=CSC2=N1. The zero-order valence-corrected chi connectivity index (χ0v) is 10.6. The molecule has 1 aromatic heterocycles. The van der Waals surface area contributed by atoms with Crippen molar-refractivity contribution in [3.05, 3.63) is 27.8 Å². The molecule has 2 aliphatic rings. The molecule has 7 heteroatoms. The molecule has 1 aromatic rings. The topological polar surface area (TPSA) is 49.7 Å². The molecule has 84 valence electrons. The Morgan fingerprint density at radius 2 is 2.31 bits per heavy atom.